The van der Waals surface area contributed by atoms with Crippen LogP contribution in [0, 0.1) is 0 Å². The van der Waals surface area contributed by atoms with Crippen molar-refractivity contribution >= 4 is 23.0 Å². The Hall–Kier alpha value is -1.68. The highest BCUT2D eigenvalue weighted by atomic mass is 35.5. The molecule has 1 nitrogen and oxygen atoms in total. The predicted molar refractivity (Wildman–Crippen MR) is 66.2 cm³/mol. The van der Waals surface area contributed by atoms with Crippen molar-refractivity contribution < 1.29 is 13.2 Å². The standard InChI is InChI=1S/C13H9ClF3N/c14-12-7-6-10(8-11(12)13(15,16)17)18-9-4-2-1-3-5-9/h1-8,18H. The van der Waals surface area contributed by atoms with E-state index in [1.54, 1.807) is 24.3 Å². The third-order valence-corrected chi connectivity index (χ3v) is 2.66. The van der Waals surface area contributed by atoms with Crippen LogP contribution in [0.15, 0.2) is 48.5 Å². The van der Waals surface area contributed by atoms with Crippen molar-refractivity contribution in [3.63, 3.8) is 0 Å². The first-order valence-electron chi connectivity index (χ1n) is 5.15. The molecule has 0 unspecified atom stereocenters. The quantitative estimate of drug-likeness (QED) is 0.801. The molecular formula is C13H9ClF3N. The third kappa shape index (κ3) is 2.96. The van der Waals surface area contributed by atoms with Gasteiger partial charge in [0, 0.05) is 11.4 Å². The van der Waals surface area contributed by atoms with Crippen LogP contribution in [0.2, 0.25) is 5.02 Å². The van der Waals surface area contributed by atoms with Gasteiger partial charge in [0.05, 0.1) is 10.6 Å². The number of nitrogens with one attached hydrogen (secondary N) is 1. The first kappa shape index (κ1) is 12.8. The predicted octanol–water partition coefficient (Wildman–Crippen LogP) is 5.10. The summed E-state index contributed by atoms with van der Waals surface area (Å²) in [5, 5.41) is 2.58. The summed E-state index contributed by atoms with van der Waals surface area (Å²) in [7, 11) is 0. The van der Waals surface area contributed by atoms with E-state index >= 15 is 0 Å². The Kier molecular flexibility index (Phi) is 3.48. The lowest BCUT2D eigenvalue weighted by molar-refractivity contribution is -0.137. The molecule has 5 heteroatoms. The first-order valence-corrected chi connectivity index (χ1v) is 5.53. The minimum atomic E-state index is -4.45. The molecule has 0 aliphatic rings. The summed E-state index contributed by atoms with van der Waals surface area (Å²) in [6, 6.07) is 12.7. The molecule has 0 amide bonds. The van der Waals surface area contributed by atoms with E-state index in [1.807, 2.05) is 6.07 Å². The zero-order chi connectivity index (χ0) is 13.2. The maximum Gasteiger partial charge on any atom is 0.417 e. The van der Waals surface area contributed by atoms with Crippen molar-refractivity contribution in [2.24, 2.45) is 0 Å². The Bertz CT molecular complexity index is 538. The van der Waals surface area contributed by atoms with Gasteiger partial charge in [-0.3, -0.25) is 0 Å². The molecule has 1 N–H and O–H groups in total. The summed E-state index contributed by atoms with van der Waals surface area (Å²) < 4.78 is 38.0. The fraction of sp³-hybridized carbons (Fsp3) is 0.0769. The van der Waals surface area contributed by atoms with E-state index in [-0.39, 0.29) is 5.02 Å². The summed E-state index contributed by atoms with van der Waals surface area (Å²) in [5.74, 6) is 0. The summed E-state index contributed by atoms with van der Waals surface area (Å²) in [4.78, 5) is 0. The summed E-state index contributed by atoms with van der Waals surface area (Å²) in [6.45, 7) is 0. The number of hydrogen-bond donors (Lipinski definition) is 1. The van der Waals surface area contributed by atoms with Crippen molar-refractivity contribution in [2.75, 3.05) is 5.32 Å². The molecular weight excluding hydrogens is 263 g/mol. The molecule has 0 radical (unpaired) electrons. The Morgan fingerprint density at radius 2 is 1.56 bits per heavy atom. The van der Waals surface area contributed by atoms with Gasteiger partial charge in [-0.2, -0.15) is 13.2 Å². The van der Waals surface area contributed by atoms with E-state index in [0.29, 0.717) is 11.4 Å². The molecule has 2 aromatic carbocycles. The fourth-order valence-corrected chi connectivity index (χ4v) is 1.73. The molecule has 2 aromatic rings. The van der Waals surface area contributed by atoms with Crippen LogP contribution in [0.3, 0.4) is 0 Å². The lowest BCUT2D eigenvalue weighted by Crippen LogP contribution is -2.06. The van der Waals surface area contributed by atoms with Gasteiger partial charge >= 0.3 is 6.18 Å². The Morgan fingerprint density at radius 3 is 2.17 bits per heavy atom. The summed E-state index contributed by atoms with van der Waals surface area (Å²) in [6.07, 6.45) is -4.45. The van der Waals surface area contributed by atoms with E-state index in [0.717, 1.165) is 6.07 Å². The van der Waals surface area contributed by atoms with Crippen LogP contribution in [0.4, 0.5) is 24.5 Å². The SMILES string of the molecule is FC(F)(F)c1cc(Nc2ccccc2)ccc1Cl. The lowest BCUT2D eigenvalue weighted by atomic mass is 10.2. The van der Waals surface area contributed by atoms with E-state index in [1.165, 1.54) is 12.1 Å². The van der Waals surface area contributed by atoms with Crippen molar-refractivity contribution in [2.45, 2.75) is 6.18 Å². The van der Waals surface area contributed by atoms with Crippen LogP contribution in [0.1, 0.15) is 5.56 Å². The molecule has 0 fully saturated rings. The molecule has 0 saturated heterocycles. The maximum absolute atomic E-state index is 12.7. The molecule has 0 atom stereocenters. The number of alkyl halides is 3. The maximum atomic E-state index is 12.7. The first-order chi connectivity index (χ1) is 8.47. The minimum Gasteiger partial charge on any atom is -0.356 e. The van der Waals surface area contributed by atoms with Crippen LogP contribution < -0.4 is 5.32 Å². The second-order valence-electron chi connectivity index (χ2n) is 3.68. The monoisotopic (exact) mass is 271 g/mol. The highest BCUT2D eigenvalue weighted by molar-refractivity contribution is 6.31. The normalized spacial score (nSPS) is 11.3. The second-order valence-corrected chi connectivity index (χ2v) is 4.09. The number of halogens is 4. The van der Waals surface area contributed by atoms with Crippen molar-refractivity contribution in [1.29, 1.82) is 0 Å². The van der Waals surface area contributed by atoms with Crippen LogP contribution in [-0.4, -0.2) is 0 Å². The van der Waals surface area contributed by atoms with E-state index in [9.17, 15) is 13.2 Å². The van der Waals surface area contributed by atoms with Gasteiger partial charge < -0.3 is 5.32 Å². The topological polar surface area (TPSA) is 12.0 Å². The van der Waals surface area contributed by atoms with Gasteiger partial charge in [0.1, 0.15) is 0 Å². The number of anilines is 2. The number of hydrogen-bond acceptors (Lipinski definition) is 1. The van der Waals surface area contributed by atoms with Crippen molar-refractivity contribution in [1.82, 2.24) is 0 Å². The molecule has 0 heterocycles. The van der Waals surface area contributed by atoms with E-state index < -0.39 is 11.7 Å². The van der Waals surface area contributed by atoms with Gasteiger partial charge in [0.15, 0.2) is 0 Å². The Morgan fingerprint density at radius 1 is 0.889 bits per heavy atom. The number of para-hydroxylation sites is 1. The van der Waals surface area contributed by atoms with Crippen LogP contribution in [0.25, 0.3) is 0 Å². The number of rotatable bonds is 2. The molecule has 0 spiro atoms. The van der Waals surface area contributed by atoms with Crippen LogP contribution in [0.5, 0.6) is 0 Å². The van der Waals surface area contributed by atoms with Crippen LogP contribution in [-0.2, 0) is 6.18 Å². The third-order valence-electron chi connectivity index (χ3n) is 2.33. The van der Waals surface area contributed by atoms with E-state index in [4.69, 9.17) is 11.6 Å². The molecule has 18 heavy (non-hydrogen) atoms. The zero-order valence-corrected chi connectivity index (χ0v) is 9.89. The van der Waals surface area contributed by atoms with E-state index in [2.05, 4.69) is 5.32 Å². The molecule has 0 bridgehead atoms. The molecule has 0 saturated carbocycles. The molecule has 2 rings (SSSR count). The van der Waals surface area contributed by atoms with Crippen molar-refractivity contribution in [3.8, 4) is 0 Å². The van der Waals surface area contributed by atoms with Gasteiger partial charge in [0.2, 0.25) is 0 Å². The second kappa shape index (κ2) is 4.90. The molecule has 0 aliphatic carbocycles. The van der Waals surface area contributed by atoms with Crippen molar-refractivity contribution in [3.05, 3.63) is 59.1 Å². The van der Waals surface area contributed by atoms with Gasteiger partial charge in [0.25, 0.3) is 0 Å². The Balaban J connectivity index is 2.31. The highest BCUT2D eigenvalue weighted by Gasteiger charge is 2.33. The van der Waals surface area contributed by atoms with Gasteiger partial charge in [-0.1, -0.05) is 29.8 Å². The molecule has 0 aliphatic heterocycles. The zero-order valence-electron chi connectivity index (χ0n) is 9.13. The van der Waals surface area contributed by atoms with Gasteiger partial charge in [-0.15, -0.1) is 0 Å². The van der Waals surface area contributed by atoms with Gasteiger partial charge in [-0.05, 0) is 30.3 Å². The lowest BCUT2D eigenvalue weighted by Gasteiger charge is -2.12. The largest absolute Gasteiger partial charge is 0.417 e. The minimum absolute atomic E-state index is 0.305. The summed E-state index contributed by atoms with van der Waals surface area (Å²) in [5.41, 5.74) is 0.218. The average Bonchev–Trinajstić information content (AvgIpc) is 2.31. The van der Waals surface area contributed by atoms with Crippen LogP contribution >= 0.6 is 11.6 Å². The molecule has 94 valence electrons. The molecule has 0 aromatic heterocycles. The highest BCUT2D eigenvalue weighted by Crippen LogP contribution is 2.36. The van der Waals surface area contributed by atoms with Gasteiger partial charge in [-0.25, -0.2) is 0 Å². The average molecular weight is 272 g/mol. The fourth-order valence-electron chi connectivity index (χ4n) is 1.51. The Labute approximate surface area is 107 Å². The summed E-state index contributed by atoms with van der Waals surface area (Å²) >= 11 is 5.54. The smallest absolute Gasteiger partial charge is 0.356 e. The number of benzene rings is 2.